The summed E-state index contributed by atoms with van der Waals surface area (Å²) < 4.78 is 16.3. The molecule has 2 N–H and O–H groups in total. The molecule has 3 aromatic rings. The Morgan fingerprint density at radius 1 is 1.06 bits per heavy atom. The first-order valence-electron chi connectivity index (χ1n) is 12.0. The van der Waals surface area contributed by atoms with E-state index in [0.29, 0.717) is 35.4 Å². The Bertz CT molecular complexity index is 1150. The summed E-state index contributed by atoms with van der Waals surface area (Å²) in [4.78, 5) is 24.2. The number of aromatic nitrogens is 2. The lowest BCUT2D eigenvalue weighted by Gasteiger charge is -2.33. The van der Waals surface area contributed by atoms with Crippen LogP contribution in [-0.2, 0) is 4.79 Å². The van der Waals surface area contributed by atoms with E-state index in [2.05, 4.69) is 20.5 Å². The zero-order chi connectivity index (χ0) is 25.5. The zero-order valence-corrected chi connectivity index (χ0v) is 21.2. The van der Waals surface area contributed by atoms with Crippen LogP contribution in [0.5, 0.6) is 17.2 Å². The van der Waals surface area contributed by atoms with Gasteiger partial charge in [0.2, 0.25) is 17.6 Å². The Hall–Kier alpha value is -4.01. The number of carbonyl (C=O) groups excluding carboxylic acids is 1. The molecule has 9 heteroatoms. The molecule has 0 saturated carbocycles. The summed E-state index contributed by atoms with van der Waals surface area (Å²) in [6.45, 7) is 3.45. The van der Waals surface area contributed by atoms with E-state index < -0.39 is 0 Å². The number of hydrogen-bond donors (Lipinski definition) is 2. The lowest BCUT2D eigenvalue weighted by atomic mass is 9.96. The van der Waals surface area contributed by atoms with E-state index in [1.165, 1.54) is 0 Å². The summed E-state index contributed by atoms with van der Waals surface area (Å²) in [5.41, 5.74) is 1.80. The number of benzene rings is 2. The van der Waals surface area contributed by atoms with E-state index in [4.69, 9.17) is 19.2 Å². The molecule has 2 aromatic carbocycles. The minimum Gasteiger partial charge on any atom is -0.493 e. The summed E-state index contributed by atoms with van der Waals surface area (Å²) in [6, 6.07) is 15.4. The van der Waals surface area contributed by atoms with Crippen molar-refractivity contribution in [1.29, 1.82) is 0 Å². The molecule has 2 heterocycles. The molecule has 0 radical (unpaired) electrons. The van der Waals surface area contributed by atoms with E-state index in [0.717, 1.165) is 30.8 Å². The first-order chi connectivity index (χ1) is 17.5. The van der Waals surface area contributed by atoms with Crippen molar-refractivity contribution in [3.63, 3.8) is 0 Å². The van der Waals surface area contributed by atoms with Crippen molar-refractivity contribution in [1.82, 2.24) is 15.3 Å². The molecule has 1 aliphatic heterocycles. The van der Waals surface area contributed by atoms with E-state index in [-0.39, 0.29) is 17.9 Å². The number of nitrogens with one attached hydrogen (secondary N) is 2. The van der Waals surface area contributed by atoms with Crippen LogP contribution in [0.15, 0.2) is 54.7 Å². The van der Waals surface area contributed by atoms with Crippen LogP contribution in [0.4, 0.5) is 17.5 Å². The lowest BCUT2D eigenvalue weighted by molar-refractivity contribution is -0.125. The van der Waals surface area contributed by atoms with Crippen LogP contribution in [0.1, 0.15) is 31.4 Å². The maximum Gasteiger partial charge on any atom is 0.229 e. The van der Waals surface area contributed by atoms with Gasteiger partial charge in [0, 0.05) is 37.1 Å². The van der Waals surface area contributed by atoms with Gasteiger partial charge in [-0.2, -0.15) is 4.98 Å². The third-order valence-corrected chi connectivity index (χ3v) is 6.34. The van der Waals surface area contributed by atoms with E-state index in [9.17, 15) is 4.79 Å². The molecule has 1 amide bonds. The van der Waals surface area contributed by atoms with Crippen LogP contribution in [0.3, 0.4) is 0 Å². The molecule has 9 nitrogen and oxygen atoms in total. The van der Waals surface area contributed by atoms with E-state index in [1.807, 2.05) is 43.3 Å². The standard InChI is InChI=1S/C27H33N5O4/c1-18(19-9-6-5-7-10-19)29-26(33)20-11-8-14-32(17-20)24-12-13-28-27(31-24)30-21-15-22(34-2)25(36-4)23(16-21)35-3/h5-7,9-10,12-13,15-16,18,20H,8,11,14,17H2,1-4H3,(H,29,33)(H,28,30,31)/t18?,20-/m0/s1. The smallest absolute Gasteiger partial charge is 0.229 e. The van der Waals surface area contributed by atoms with E-state index >= 15 is 0 Å². The van der Waals surface area contributed by atoms with Gasteiger partial charge in [0.05, 0.1) is 33.3 Å². The van der Waals surface area contributed by atoms with Crippen molar-refractivity contribution in [2.45, 2.75) is 25.8 Å². The maximum atomic E-state index is 13.0. The van der Waals surface area contributed by atoms with Gasteiger partial charge < -0.3 is 29.7 Å². The van der Waals surface area contributed by atoms with Gasteiger partial charge in [-0.15, -0.1) is 0 Å². The molecule has 36 heavy (non-hydrogen) atoms. The molecule has 0 bridgehead atoms. The highest BCUT2D eigenvalue weighted by molar-refractivity contribution is 5.80. The number of ether oxygens (including phenoxy) is 3. The molecule has 1 aromatic heterocycles. The quantitative estimate of drug-likeness (QED) is 0.456. The van der Waals surface area contributed by atoms with Crippen molar-refractivity contribution in [3.05, 3.63) is 60.3 Å². The molecule has 1 unspecified atom stereocenters. The van der Waals surface area contributed by atoms with Gasteiger partial charge in [-0.1, -0.05) is 30.3 Å². The lowest BCUT2D eigenvalue weighted by Crippen LogP contribution is -2.44. The third-order valence-electron chi connectivity index (χ3n) is 6.34. The zero-order valence-electron chi connectivity index (χ0n) is 21.2. The average Bonchev–Trinajstić information content (AvgIpc) is 2.93. The molecule has 190 valence electrons. The predicted octanol–water partition coefficient (Wildman–Crippen LogP) is 4.34. The average molecular weight is 492 g/mol. The van der Waals surface area contributed by atoms with Gasteiger partial charge in [-0.25, -0.2) is 4.98 Å². The summed E-state index contributed by atoms with van der Waals surface area (Å²) >= 11 is 0. The van der Waals surface area contributed by atoms with Crippen LogP contribution in [0, 0.1) is 5.92 Å². The van der Waals surface area contributed by atoms with Gasteiger partial charge in [0.25, 0.3) is 0 Å². The second kappa shape index (κ2) is 11.6. The van der Waals surface area contributed by atoms with Crippen molar-refractivity contribution >= 4 is 23.4 Å². The second-order valence-corrected chi connectivity index (χ2v) is 8.70. The van der Waals surface area contributed by atoms with Gasteiger partial charge in [0.1, 0.15) is 5.82 Å². The Kier molecular flexibility index (Phi) is 8.10. The maximum absolute atomic E-state index is 13.0. The molecule has 4 rings (SSSR count). The number of amides is 1. The number of methoxy groups -OCH3 is 3. The summed E-state index contributed by atoms with van der Waals surface area (Å²) in [6.07, 6.45) is 3.48. The Morgan fingerprint density at radius 2 is 1.78 bits per heavy atom. The molecule has 1 fully saturated rings. The highest BCUT2D eigenvalue weighted by Gasteiger charge is 2.27. The highest BCUT2D eigenvalue weighted by atomic mass is 16.5. The number of anilines is 3. The molecule has 0 aliphatic carbocycles. The number of rotatable bonds is 9. The Morgan fingerprint density at radius 3 is 2.44 bits per heavy atom. The highest BCUT2D eigenvalue weighted by Crippen LogP contribution is 2.40. The molecule has 2 atom stereocenters. The third kappa shape index (κ3) is 5.79. The summed E-state index contributed by atoms with van der Waals surface area (Å²) in [7, 11) is 4.71. The van der Waals surface area contributed by atoms with Gasteiger partial charge in [-0.3, -0.25) is 4.79 Å². The first-order valence-corrected chi connectivity index (χ1v) is 12.0. The fourth-order valence-corrected chi connectivity index (χ4v) is 4.42. The van der Waals surface area contributed by atoms with Crippen molar-refractivity contribution < 1.29 is 19.0 Å². The first kappa shape index (κ1) is 25.1. The minimum atomic E-state index is -0.105. The van der Waals surface area contributed by atoms with Crippen LogP contribution in [-0.4, -0.2) is 50.3 Å². The fourth-order valence-electron chi connectivity index (χ4n) is 4.42. The number of nitrogens with zero attached hydrogens (tertiary/aromatic N) is 3. The molecule has 0 spiro atoms. The van der Waals surface area contributed by atoms with Crippen LogP contribution >= 0.6 is 0 Å². The normalized spacial score (nSPS) is 16.1. The van der Waals surface area contributed by atoms with Gasteiger partial charge in [0.15, 0.2) is 11.5 Å². The topological polar surface area (TPSA) is 97.8 Å². The molecule has 1 saturated heterocycles. The minimum absolute atomic E-state index is 0.0394. The second-order valence-electron chi connectivity index (χ2n) is 8.70. The van der Waals surface area contributed by atoms with Crippen molar-refractivity contribution in [2.24, 2.45) is 5.92 Å². The number of carbonyl (C=O) groups is 1. The van der Waals surface area contributed by atoms with E-state index in [1.54, 1.807) is 39.7 Å². The number of hydrogen-bond acceptors (Lipinski definition) is 8. The van der Waals surface area contributed by atoms with Crippen molar-refractivity contribution in [2.75, 3.05) is 44.6 Å². The molecule has 1 aliphatic rings. The van der Waals surface area contributed by atoms with Crippen LogP contribution in [0.25, 0.3) is 0 Å². The molecular weight excluding hydrogens is 458 g/mol. The predicted molar refractivity (Wildman–Crippen MR) is 139 cm³/mol. The summed E-state index contributed by atoms with van der Waals surface area (Å²) in [5.74, 6) is 2.75. The number of piperidine rings is 1. The van der Waals surface area contributed by atoms with Gasteiger partial charge >= 0.3 is 0 Å². The molecular formula is C27H33N5O4. The van der Waals surface area contributed by atoms with Crippen molar-refractivity contribution in [3.8, 4) is 17.2 Å². The monoisotopic (exact) mass is 491 g/mol. The summed E-state index contributed by atoms with van der Waals surface area (Å²) in [5, 5.41) is 6.39. The SMILES string of the molecule is COc1cc(Nc2nccc(N3CCC[C@H](C(=O)NC(C)c4ccccc4)C3)n2)cc(OC)c1OC. The van der Waals surface area contributed by atoms with Crippen LogP contribution < -0.4 is 29.7 Å². The van der Waals surface area contributed by atoms with Gasteiger partial charge in [-0.05, 0) is 31.4 Å². The fraction of sp³-hybridized carbons (Fsp3) is 0.370. The largest absolute Gasteiger partial charge is 0.493 e. The Labute approximate surface area is 211 Å². The van der Waals surface area contributed by atoms with Crippen LogP contribution in [0.2, 0.25) is 0 Å². The Balaban J connectivity index is 1.45.